The molecule has 0 aliphatic carbocycles. The fourth-order valence-electron chi connectivity index (χ4n) is 1.80. The molecule has 0 saturated carbocycles. The number of nitrogen functional groups attached to an aromatic ring is 1. The first-order valence-electron chi connectivity index (χ1n) is 5.91. The van der Waals surface area contributed by atoms with Gasteiger partial charge in [-0.05, 0) is 43.2 Å². The summed E-state index contributed by atoms with van der Waals surface area (Å²) in [7, 11) is 0. The summed E-state index contributed by atoms with van der Waals surface area (Å²) in [4.78, 5) is 12.1. The second-order valence-electron chi connectivity index (χ2n) is 4.47. The first-order chi connectivity index (χ1) is 8.99. The van der Waals surface area contributed by atoms with Gasteiger partial charge in [-0.1, -0.05) is 18.2 Å². The van der Waals surface area contributed by atoms with Gasteiger partial charge in [0.1, 0.15) is 5.82 Å². The van der Waals surface area contributed by atoms with Crippen molar-refractivity contribution in [2.45, 2.75) is 13.8 Å². The Labute approximate surface area is 111 Å². The number of para-hydroxylation sites is 1. The van der Waals surface area contributed by atoms with E-state index < -0.39 is 11.7 Å². The van der Waals surface area contributed by atoms with Crippen LogP contribution in [0.3, 0.4) is 0 Å². The van der Waals surface area contributed by atoms with E-state index in [4.69, 9.17) is 5.73 Å². The Balaban J connectivity index is 2.31. The summed E-state index contributed by atoms with van der Waals surface area (Å²) in [6, 6.07) is 9.93. The molecule has 0 fully saturated rings. The lowest BCUT2D eigenvalue weighted by molar-refractivity contribution is 0.102. The summed E-state index contributed by atoms with van der Waals surface area (Å²) < 4.78 is 13.3. The number of nitrogens with one attached hydrogen (secondary N) is 1. The van der Waals surface area contributed by atoms with Crippen molar-refractivity contribution in [3.05, 3.63) is 58.9 Å². The van der Waals surface area contributed by atoms with Crippen molar-refractivity contribution < 1.29 is 9.18 Å². The molecule has 0 aliphatic heterocycles. The average molecular weight is 258 g/mol. The van der Waals surface area contributed by atoms with E-state index in [1.54, 1.807) is 0 Å². The Morgan fingerprint density at radius 2 is 1.95 bits per heavy atom. The van der Waals surface area contributed by atoms with Crippen LogP contribution in [0.15, 0.2) is 36.4 Å². The number of aryl methyl sites for hydroxylation is 2. The molecule has 1 amide bonds. The highest BCUT2D eigenvalue weighted by Crippen LogP contribution is 2.20. The molecule has 0 atom stereocenters. The van der Waals surface area contributed by atoms with Gasteiger partial charge in [0, 0.05) is 5.69 Å². The van der Waals surface area contributed by atoms with E-state index in [9.17, 15) is 9.18 Å². The zero-order chi connectivity index (χ0) is 14.0. The third-order valence-electron chi connectivity index (χ3n) is 2.94. The van der Waals surface area contributed by atoms with Gasteiger partial charge in [-0.25, -0.2) is 4.39 Å². The van der Waals surface area contributed by atoms with Gasteiger partial charge < -0.3 is 11.1 Å². The summed E-state index contributed by atoms with van der Waals surface area (Å²) in [6.45, 7) is 3.83. The average Bonchev–Trinajstić information content (AvgIpc) is 2.37. The van der Waals surface area contributed by atoms with Gasteiger partial charge >= 0.3 is 0 Å². The summed E-state index contributed by atoms with van der Waals surface area (Å²) in [6.07, 6.45) is 0. The van der Waals surface area contributed by atoms with Gasteiger partial charge in [-0.3, -0.25) is 4.79 Å². The number of benzene rings is 2. The number of hydrogen-bond donors (Lipinski definition) is 2. The number of rotatable bonds is 2. The van der Waals surface area contributed by atoms with Gasteiger partial charge in [0.05, 0.1) is 11.3 Å². The maximum absolute atomic E-state index is 13.3. The number of amides is 1. The smallest absolute Gasteiger partial charge is 0.257 e. The van der Waals surface area contributed by atoms with Gasteiger partial charge in [-0.2, -0.15) is 0 Å². The number of carbonyl (C=O) groups is 1. The molecule has 0 aromatic heterocycles. The molecule has 0 saturated heterocycles. The van der Waals surface area contributed by atoms with E-state index >= 15 is 0 Å². The molecular weight excluding hydrogens is 243 g/mol. The van der Waals surface area contributed by atoms with Crippen molar-refractivity contribution in [2.24, 2.45) is 0 Å². The predicted molar refractivity (Wildman–Crippen MR) is 74.7 cm³/mol. The minimum Gasteiger partial charge on any atom is -0.396 e. The lowest BCUT2D eigenvalue weighted by Crippen LogP contribution is -2.15. The fourth-order valence-corrected chi connectivity index (χ4v) is 1.80. The molecule has 2 rings (SSSR count). The summed E-state index contributed by atoms with van der Waals surface area (Å²) in [5.41, 5.74) is 8.25. The van der Waals surface area contributed by atoms with E-state index in [1.165, 1.54) is 18.2 Å². The van der Waals surface area contributed by atoms with Crippen LogP contribution >= 0.6 is 0 Å². The zero-order valence-corrected chi connectivity index (χ0v) is 10.8. The van der Waals surface area contributed by atoms with Crippen LogP contribution in [0.5, 0.6) is 0 Å². The van der Waals surface area contributed by atoms with Crippen LogP contribution < -0.4 is 11.1 Å². The highest BCUT2D eigenvalue weighted by Gasteiger charge is 2.13. The molecule has 19 heavy (non-hydrogen) atoms. The van der Waals surface area contributed by atoms with Crippen molar-refractivity contribution in [1.29, 1.82) is 0 Å². The van der Waals surface area contributed by atoms with Crippen LogP contribution in [0.25, 0.3) is 0 Å². The van der Waals surface area contributed by atoms with Crippen LogP contribution in [0.2, 0.25) is 0 Å². The second kappa shape index (κ2) is 5.10. The maximum atomic E-state index is 13.3. The molecule has 0 aliphatic rings. The first kappa shape index (κ1) is 13.1. The Morgan fingerprint density at radius 3 is 2.68 bits per heavy atom. The Morgan fingerprint density at radius 1 is 1.21 bits per heavy atom. The van der Waals surface area contributed by atoms with Crippen LogP contribution in [0, 0.1) is 19.7 Å². The summed E-state index contributed by atoms with van der Waals surface area (Å²) >= 11 is 0. The van der Waals surface area contributed by atoms with Crippen molar-refractivity contribution in [3.8, 4) is 0 Å². The number of halogens is 1. The third kappa shape index (κ3) is 2.73. The SMILES string of the molecule is Cc1ccc(C)c(NC(=O)c2cccc(F)c2N)c1. The van der Waals surface area contributed by atoms with Crippen LogP contribution in [0.1, 0.15) is 21.5 Å². The second-order valence-corrected chi connectivity index (χ2v) is 4.47. The third-order valence-corrected chi connectivity index (χ3v) is 2.94. The zero-order valence-electron chi connectivity index (χ0n) is 10.8. The van der Waals surface area contributed by atoms with Crippen molar-refractivity contribution in [2.75, 3.05) is 11.1 Å². The monoisotopic (exact) mass is 258 g/mol. The Hall–Kier alpha value is -2.36. The standard InChI is InChI=1S/C15H15FN2O/c1-9-6-7-10(2)13(8-9)18-15(19)11-4-3-5-12(16)14(11)17/h3-8H,17H2,1-2H3,(H,18,19). The maximum Gasteiger partial charge on any atom is 0.257 e. The van der Waals surface area contributed by atoms with E-state index in [0.29, 0.717) is 5.69 Å². The van der Waals surface area contributed by atoms with Crippen LogP contribution in [-0.4, -0.2) is 5.91 Å². The minimum absolute atomic E-state index is 0.134. The molecule has 3 N–H and O–H groups in total. The van der Waals surface area contributed by atoms with Crippen LogP contribution in [0.4, 0.5) is 15.8 Å². The molecule has 0 bridgehead atoms. The molecule has 3 nitrogen and oxygen atoms in total. The Bertz CT molecular complexity index is 638. The van der Waals surface area contributed by atoms with E-state index in [2.05, 4.69) is 5.32 Å². The topological polar surface area (TPSA) is 55.1 Å². The fraction of sp³-hybridized carbons (Fsp3) is 0.133. The number of hydrogen-bond acceptors (Lipinski definition) is 2. The van der Waals surface area contributed by atoms with E-state index in [1.807, 2.05) is 32.0 Å². The minimum atomic E-state index is -0.589. The quantitative estimate of drug-likeness (QED) is 0.812. The van der Waals surface area contributed by atoms with Gasteiger partial charge in [-0.15, -0.1) is 0 Å². The van der Waals surface area contributed by atoms with Gasteiger partial charge in [0.25, 0.3) is 5.91 Å². The molecule has 4 heteroatoms. The molecule has 0 radical (unpaired) electrons. The summed E-state index contributed by atoms with van der Waals surface area (Å²) in [5, 5.41) is 2.75. The molecule has 2 aromatic rings. The van der Waals surface area contributed by atoms with Gasteiger partial charge in [0.2, 0.25) is 0 Å². The number of anilines is 2. The normalized spacial score (nSPS) is 10.3. The molecular formula is C15H15FN2O. The highest BCUT2D eigenvalue weighted by molar-refractivity contribution is 6.08. The predicted octanol–water partition coefficient (Wildman–Crippen LogP) is 3.28. The van der Waals surface area contributed by atoms with Crippen molar-refractivity contribution in [3.63, 3.8) is 0 Å². The highest BCUT2D eigenvalue weighted by atomic mass is 19.1. The first-order valence-corrected chi connectivity index (χ1v) is 5.91. The molecule has 2 aromatic carbocycles. The molecule has 0 spiro atoms. The Kier molecular flexibility index (Phi) is 3.51. The van der Waals surface area contributed by atoms with E-state index in [-0.39, 0.29) is 11.3 Å². The largest absolute Gasteiger partial charge is 0.396 e. The van der Waals surface area contributed by atoms with Gasteiger partial charge in [0.15, 0.2) is 0 Å². The van der Waals surface area contributed by atoms with Crippen LogP contribution in [-0.2, 0) is 0 Å². The number of carbonyl (C=O) groups excluding carboxylic acids is 1. The molecule has 98 valence electrons. The lowest BCUT2D eigenvalue weighted by atomic mass is 10.1. The van der Waals surface area contributed by atoms with Crippen molar-refractivity contribution in [1.82, 2.24) is 0 Å². The molecule has 0 heterocycles. The summed E-state index contributed by atoms with van der Waals surface area (Å²) in [5.74, 6) is -1.00. The lowest BCUT2D eigenvalue weighted by Gasteiger charge is -2.11. The number of nitrogens with two attached hydrogens (primary N) is 1. The van der Waals surface area contributed by atoms with Crippen molar-refractivity contribution >= 4 is 17.3 Å². The molecule has 0 unspecified atom stereocenters. The van der Waals surface area contributed by atoms with E-state index in [0.717, 1.165) is 11.1 Å².